The SMILES string of the molecule is C=COc1c[se]cc1OC=C. The molecule has 1 aromatic heterocycles. The zero-order valence-corrected chi connectivity index (χ0v) is 7.66. The normalized spacial score (nSPS) is 8.73. The molecule has 0 atom stereocenters. The summed E-state index contributed by atoms with van der Waals surface area (Å²) in [5, 5.41) is 0. The van der Waals surface area contributed by atoms with Gasteiger partial charge in [-0.25, -0.2) is 0 Å². The van der Waals surface area contributed by atoms with E-state index in [1.54, 1.807) is 0 Å². The van der Waals surface area contributed by atoms with Crippen LogP contribution in [0.5, 0.6) is 11.5 Å². The first kappa shape index (κ1) is 8.18. The third-order valence-electron chi connectivity index (χ3n) is 1.01. The molecule has 2 nitrogen and oxygen atoms in total. The van der Waals surface area contributed by atoms with Crippen LogP contribution in [-0.4, -0.2) is 14.5 Å². The van der Waals surface area contributed by atoms with Crippen LogP contribution in [0.15, 0.2) is 35.6 Å². The molecule has 0 radical (unpaired) electrons. The summed E-state index contributed by atoms with van der Waals surface area (Å²) in [6.45, 7) is 6.91. The number of rotatable bonds is 4. The van der Waals surface area contributed by atoms with E-state index in [0.29, 0.717) is 14.5 Å². The van der Waals surface area contributed by atoms with Gasteiger partial charge in [0.15, 0.2) is 0 Å². The van der Waals surface area contributed by atoms with Crippen molar-refractivity contribution < 1.29 is 9.47 Å². The average molecular weight is 215 g/mol. The zero-order chi connectivity index (χ0) is 8.10. The summed E-state index contributed by atoms with van der Waals surface area (Å²) in [5.74, 6) is 1.47. The molecule has 0 spiro atoms. The Labute approximate surface area is 71.5 Å². The Morgan fingerprint density at radius 2 is 1.55 bits per heavy atom. The van der Waals surface area contributed by atoms with Crippen molar-refractivity contribution in [2.45, 2.75) is 0 Å². The Kier molecular flexibility index (Phi) is 3.02. The average Bonchev–Trinajstić information content (AvgIpc) is 2.39. The fraction of sp³-hybridized carbons (Fsp3) is 0. The van der Waals surface area contributed by atoms with Crippen molar-refractivity contribution >= 4 is 14.5 Å². The topological polar surface area (TPSA) is 18.5 Å². The summed E-state index contributed by atoms with van der Waals surface area (Å²) < 4.78 is 10.1. The summed E-state index contributed by atoms with van der Waals surface area (Å²) in [6, 6.07) is 0. The molecule has 3 heteroatoms. The number of hydrogen-bond acceptors (Lipinski definition) is 2. The van der Waals surface area contributed by atoms with Gasteiger partial charge < -0.3 is 0 Å². The van der Waals surface area contributed by atoms with Crippen molar-refractivity contribution in [1.82, 2.24) is 0 Å². The van der Waals surface area contributed by atoms with Crippen LogP contribution in [0.1, 0.15) is 0 Å². The summed E-state index contributed by atoms with van der Waals surface area (Å²) in [5.41, 5.74) is 0. The molecule has 0 aliphatic rings. The van der Waals surface area contributed by atoms with Crippen LogP contribution in [0.3, 0.4) is 0 Å². The first-order valence-electron chi connectivity index (χ1n) is 2.99. The molecule has 0 aliphatic heterocycles. The van der Waals surface area contributed by atoms with Crippen molar-refractivity contribution in [2.75, 3.05) is 0 Å². The van der Waals surface area contributed by atoms with E-state index in [9.17, 15) is 0 Å². The molecule has 0 saturated heterocycles. The predicted molar refractivity (Wildman–Crippen MR) is 45.0 cm³/mol. The molecule has 58 valence electrons. The first-order valence-corrected chi connectivity index (χ1v) is 4.97. The Morgan fingerprint density at radius 1 is 1.09 bits per heavy atom. The maximum absolute atomic E-state index is 5.07. The van der Waals surface area contributed by atoms with E-state index >= 15 is 0 Å². The standard InChI is InChI=1S/C8H8O2Se/c1-3-9-7-5-11-6-8(7)10-4-2/h3-6H,1-2H2. The first-order chi connectivity index (χ1) is 5.38. The van der Waals surface area contributed by atoms with Gasteiger partial charge in [0, 0.05) is 0 Å². The van der Waals surface area contributed by atoms with Crippen molar-refractivity contribution in [3.05, 3.63) is 35.6 Å². The van der Waals surface area contributed by atoms with Gasteiger partial charge in [-0.15, -0.1) is 0 Å². The summed E-state index contributed by atoms with van der Waals surface area (Å²) in [6.07, 6.45) is 2.76. The third-order valence-corrected chi connectivity index (χ3v) is 2.48. The van der Waals surface area contributed by atoms with Crippen LogP contribution in [0.25, 0.3) is 0 Å². The number of ether oxygens (including phenoxy) is 2. The van der Waals surface area contributed by atoms with Crippen molar-refractivity contribution in [1.29, 1.82) is 0 Å². The van der Waals surface area contributed by atoms with E-state index in [-0.39, 0.29) is 0 Å². The minimum atomic E-state index is 0.344. The third kappa shape index (κ3) is 2.00. The summed E-state index contributed by atoms with van der Waals surface area (Å²) in [4.78, 5) is 3.96. The molecule has 0 fully saturated rings. The second-order valence-electron chi connectivity index (χ2n) is 1.67. The quantitative estimate of drug-likeness (QED) is 0.563. The molecule has 0 N–H and O–H groups in total. The summed E-state index contributed by atoms with van der Waals surface area (Å²) in [7, 11) is 0. The van der Waals surface area contributed by atoms with E-state index < -0.39 is 0 Å². The second-order valence-corrected chi connectivity index (χ2v) is 3.23. The summed E-state index contributed by atoms with van der Waals surface area (Å²) >= 11 is 0.344. The Morgan fingerprint density at radius 3 is 1.91 bits per heavy atom. The molecule has 0 amide bonds. The fourth-order valence-electron chi connectivity index (χ4n) is 0.625. The van der Waals surface area contributed by atoms with Crippen LogP contribution in [-0.2, 0) is 0 Å². The van der Waals surface area contributed by atoms with Gasteiger partial charge in [0.25, 0.3) is 0 Å². The molecule has 1 heterocycles. The van der Waals surface area contributed by atoms with E-state index in [0.717, 1.165) is 11.5 Å². The van der Waals surface area contributed by atoms with E-state index in [4.69, 9.17) is 9.47 Å². The van der Waals surface area contributed by atoms with Gasteiger partial charge >= 0.3 is 71.0 Å². The Balaban J connectivity index is 2.76. The van der Waals surface area contributed by atoms with Crippen molar-refractivity contribution in [3.8, 4) is 11.5 Å². The molecule has 1 rings (SSSR count). The van der Waals surface area contributed by atoms with Crippen molar-refractivity contribution in [2.24, 2.45) is 0 Å². The Hall–Kier alpha value is -0.921. The predicted octanol–water partition coefficient (Wildman–Crippen LogP) is 1.79. The molecule has 0 unspecified atom stereocenters. The molecule has 0 aliphatic carbocycles. The van der Waals surface area contributed by atoms with Crippen LogP contribution in [0.2, 0.25) is 0 Å². The van der Waals surface area contributed by atoms with Gasteiger partial charge in [-0.05, 0) is 0 Å². The molecule has 0 bridgehead atoms. The molecule has 0 saturated carbocycles. The zero-order valence-electron chi connectivity index (χ0n) is 5.95. The van der Waals surface area contributed by atoms with Gasteiger partial charge in [0.05, 0.1) is 0 Å². The van der Waals surface area contributed by atoms with E-state index in [1.807, 2.05) is 9.88 Å². The molecule has 11 heavy (non-hydrogen) atoms. The molecule has 0 aromatic carbocycles. The van der Waals surface area contributed by atoms with Gasteiger partial charge in [0.2, 0.25) is 0 Å². The second kappa shape index (κ2) is 4.06. The Bertz CT molecular complexity index is 228. The van der Waals surface area contributed by atoms with Gasteiger partial charge in [-0.3, -0.25) is 0 Å². The van der Waals surface area contributed by atoms with Crippen LogP contribution < -0.4 is 9.47 Å². The number of hydrogen-bond donors (Lipinski definition) is 0. The molecule has 1 aromatic rings. The fourth-order valence-corrected chi connectivity index (χ4v) is 2.01. The molecular formula is C8H8O2Se. The van der Waals surface area contributed by atoms with Gasteiger partial charge in [0.1, 0.15) is 0 Å². The van der Waals surface area contributed by atoms with Crippen LogP contribution in [0.4, 0.5) is 0 Å². The molecular weight excluding hydrogens is 207 g/mol. The monoisotopic (exact) mass is 216 g/mol. The van der Waals surface area contributed by atoms with Gasteiger partial charge in [-0.1, -0.05) is 0 Å². The minimum absolute atomic E-state index is 0.344. The van der Waals surface area contributed by atoms with E-state index in [1.165, 1.54) is 12.5 Å². The maximum atomic E-state index is 5.07. The van der Waals surface area contributed by atoms with Crippen LogP contribution in [0, 0.1) is 0 Å². The van der Waals surface area contributed by atoms with Gasteiger partial charge in [-0.2, -0.15) is 0 Å². The van der Waals surface area contributed by atoms with Crippen LogP contribution >= 0.6 is 0 Å². The van der Waals surface area contributed by atoms with Crippen molar-refractivity contribution in [3.63, 3.8) is 0 Å². The van der Waals surface area contributed by atoms with E-state index in [2.05, 4.69) is 13.2 Å².